The Balaban J connectivity index is 1.61. The smallest absolute Gasteiger partial charge is 0.137 e. The van der Waals surface area contributed by atoms with Crippen LogP contribution in [0.5, 0.6) is 5.75 Å². The lowest BCUT2D eigenvalue weighted by atomic mass is 10.0. The maximum absolute atomic E-state index is 12.8. The Morgan fingerprint density at radius 2 is 1.83 bits per heavy atom. The van der Waals surface area contributed by atoms with Gasteiger partial charge in [-0.1, -0.05) is 24.1 Å². The summed E-state index contributed by atoms with van der Waals surface area (Å²) >= 11 is 1.71. The van der Waals surface area contributed by atoms with Gasteiger partial charge in [0.2, 0.25) is 0 Å². The van der Waals surface area contributed by atoms with E-state index in [0.29, 0.717) is 18.4 Å². The summed E-state index contributed by atoms with van der Waals surface area (Å²) in [5.74, 6) is 1.13. The van der Waals surface area contributed by atoms with Crippen molar-refractivity contribution in [3.63, 3.8) is 0 Å². The highest BCUT2D eigenvalue weighted by Gasteiger charge is 2.08. The average molecular weight is 346 g/mol. The summed E-state index contributed by atoms with van der Waals surface area (Å²) in [5, 5.41) is 9.77. The highest BCUT2D eigenvalue weighted by molar-refractivity contribution is 7.99. The molecule has 0 aromatic heterocycles. The number of ketones is 1. The predicted octanol–water partition coefficient (Wildman–Crippen LogP) is 5.30. The number of thioether (sulfide) groups is 1. The van der Waals surface area contributed by atoms with Gasteiger partial charge >= 0.3 is 0 Å². The molecule has 4 heteroatoms. The second-order valence-electron chi connectivity index (χ2n) is 5.96. The Labute approximate surface area is 147 Å². The van der Waals surface area contributed by atoms with E-state index in [-0.39, 0.29) is 17.3 Å². The van der Waals surface area contributed by atoms with E-state index in [4.69, 9.17) is 0 Å². The summed E-state index contributed by atoms with van der Waals surface area (Å²) in [6.45, 7) is 1.95. The van der Waals surface area contributed by atoms with Crippen LogP contribution < -0.4 is 0 Å². The minimum Gasteiger partial charge on any atom is -0.508 e. The number of rotatable bonds is 9. The molecule has 128 valence electrons. The van der Waals surface area contributed by atoms with E-state index in [0.717, 1.165) is 35.5 Å². The number of aryl methyl sites for hydroxylation is 1. The molecule has 2 nitrogen and oxygen atoms in total. The summed E-state index contributed by atoms with van der Waals surface area (Å²) in [7, 11) is 0. The number of halogens is 1. The molecule has 24 heavy (non-hydrogen) atoms. The fourth-order valence-electron chi connectivity index (χ4n) is 2.48. The minimum absolute atomic E-state index is 0.169. The van der Waals surface area contributed by atoms with Gasteiger partial charge in [0, 0.05) is 23.3 Å². The molecule has 2 aromatic carbocycles. The number of carbonyl (C=O) groups excluding carboxylic acids is 1. The van der Waals surface area contributed by atoms with Gasteiger partial charge in [-0.3, -0.25) is 4.79 Å². The first-order valence-electron chi connectivity index (χ1n) is 8.23. The first kappa shape index (κ1) is 18.5. The van der Waals surface area contributed by atoms with Crippen LogP contribution in [-0.4, -0.2) is 16.6 Å². The van der Waals surface area contributed by atoms with Crippen molar-refractivity contribution in [3.05, 3.63) is 59.4 Å². The quantitative estimate of drug-likeness (QED) is 0.494. The average Bonchev–Trinajstić information content (AvgIpc) is 2.56. The molecule has 0 saturated heterocycles. The maximum atomic E-state index is 12.8. The molecule has 2 rings (SSSR count). The van der Waals surface area contributed by atoms with E-state index in [1.807, 2.05) is 19.1 Å². The van der Waals surface area contributed by atoms with E-state index < -0.39 is 0 Å². The molecule has 0 unspecified atom stereocenters. The molecule has 0 aliphatic rings. The molecule has 2 aromatic rings. The largest absolute Gasteiger partial charge is 0.508 e. The number of hydrogen-bond acceptors (Lipinski definition) is 3. The zero-order valence-electron chi connectivity index (χ0n) is 13.9. The van der Waals surface area contributed by atoms with Crippen LogP contribution in [0.3, 0.4) is 0 Å². The van der Waals surface area contributed by atoms with E-state index in [2.05, 4.69) is 0 Å². The van der Waals surface area contributed by atoms with E-state index >= 15 is 0 Å². The van der Waals surface area contributed by atoms with Gasteiger partial charge in [-0.05, 0) is 55.9 Å². The van der Waals surface area contributed by atoms with Gasteiger partial charge in [0.1, 0.15) is 17.3 Å². The normalized spacial score (nSPS) is 10.8. The fraction of sp³-hybridized carbons (Fsp3) is 0.350. The first-order valence-corrected chi connectivity index (χ1v) is 9.22. The van der Waals surface area contributed by atoms with Crippen molar-refractivity contribution in [1.82, 2.24) is 0 Å². The Hall–Kier alpha value is -1.81. The van der Waals surface area contributed by atoms with Crippen LogP contribution in [0.1, 0.15) is 36.8 Å². The molecule has 0 fully saturated rings. The van der Waals surface area contributed by atoms with Crippen LogP contribution in [0.15, 0.2) is 47.4 Å². The van der Waals surface area contributed by atoms with Crippen molar-refractivity contribution < 1.29 is 14.3 Å². The van der Waals surface area contributed by atoms with Gasteiger partial charge < -0.3 is 5.11 Å². The van der Waals surface area contributed by atoms with Crippen molar-refractivity contribution in [2.45, 2.75) is 43.9 Å². The van der Waals surface area contributed by atoms with Gasteiger partial charge in [-0.15, -0.1) is 11.8 Å². The van der Waals surface area contributed by atoms with Gasteiger partial charge in [-0.25, -0.2) is 4.39 Å². The Morgan fingerprint density at radius 1 is 1.08 bits per heavy atom. The third-order valence-electron chi connectivity index (χ3n) is 3.80. The number of unbranched alkanes of at least 4 members (excludes halogenated alkanes) is 2. The molecule has 0 bridgehead atoms. The van der Waals surface area contributed by atoms with Crippen LogP contribution in [0.4, 0.5) is 4.39 Å². The third kappa shape index (κ3) is 6.36. The first-order chi connectivity index (χ1) is 11.5. The topological polar surface area (TPSA) is 37.3 Å². The Bertz CT molecular complexity index is 668. The predicted molar refractivity (Wildman–Crippen MR) is 97.1 cm³/mol. The monoisotopic (exact) mass is 346 g/mol. The molecular weight excluding hydrogens is 323 g/mol. The van der Waals surface area contributed by atoms with Gasteiger partial charge in [-0.2, -0.15) is 0 Å². The molecule has 0 amide bonds. The molecule has 0 atom stereocenters. The molecule has 0 radical (unpaired) electrons. The van der Waals surface area contributed by atoms with Crippen molar-refractivity contribution in [2.75, 3.05) is 5.75 Å². The lowest BCUT2D eigenvalue weighted by Crippen LogP contribution is -2.03. The molecule has 0 aliphatic heterocycles. The summed E-state index contributed by atoms with van der Waals surface area (Å²) in [6.07, 6.45) is 3.76. The van der Waals surface area contributed by atoms with E-state index in [9.17, 15) is 14.3 Å². The van der Waals surface area contributed by atoms with E-state index in [1.54, 1.807) is 30.0 Å². The Morgan fingerprint density at radius 3 is 2.58 bits per heavy atom. The van der Waals surface area contributed by atoms with Crippen molar-refractivity contribution >= 4 is 17.5 Å². The minimum atomic E-state index is -0.211. The summed E-state index contributed by atoms with van der Waals surface area (Å²) < 4.78 is 12.8. The standard InChI is InChI=1S/C20H23FO2S/c1-15-6-11-20(23)16(13-15)14-18(22)5-3-2-4-12-24-19-9-7-17(21)8-10-19/h6-11,13,23H,2-5,12,14H2,1H3. The maximum Gasteiger partial charge on any atom is 0.137 e. The molecule has 0 aliphatic carbocycles. The van der Waals surface area contributed by atoms with Crippen LogP contribution in [0.25, 0.3) is 0 Å². The van der Waals surface area contributed by atoms with Crippen LogP contribution in [0.2, 0.25) is 0 Å². The number of Topliss-reactive ketones (excluding diaryl/α,β-unsaturated/α-hetero) is 1. The van der Waals surface area contributed by atoms with Crippen molar-refractivity contribution in [1.29, 1.82) is 0 Å². The highest BCUT2D eigenvalue weighted by atomic mass is 32.2. The van der Waals surface area contributed by atoms with Crippen molar-refractivity contribution in [2.24, 2.45) is 0 Å². The molecule has 0 spiro atoms. The lowest BCUT2D eigenvalue weighted by Gasteiger charge is -2.06. The van der Waals surface area contributed by atoms with Gasteiger partial charge in [0.15, 0.2) is 0 Å². The van der Waals surface area contributed by atoms with Gasteiger partial charge in [0.25, 0.3) is 0 Å². The number of hydrogen-bond donors (Lipinski definition) is 1. The van der Waals surface area contributed by atoms with Crippen molar-refractivity contribution in [3.8, 4) is 5.75 Å². The number of phenolic OH excluding ortho intramolecular Hbond substituents is 1. The Kier molecular flexibility index (Phi) is 7.32. The second kappa shape index (κ2) is 9.48. The molecule has 0 saturated carbocycles. The summed E-state index contributed by atoms with van der Waals surface area (Å²) in [6, 6.07) is 11.9. The van der Waals surface area contributed by atoms with E-state index in [1.165, 1.54) is 12.1 Å². The zero-order chi connectivity index (χ0) is 17.4. The molecule has 0 heterocycles. The van der Waals surface area contributed by atoms with Crippen LogP contribution in [0, 0.1) is 12.7 Å². The number of carbonyl (C=O) groups is 1. The number of phenols is 1. The molecular formula is C20H23FO2S. The summed E-state index contributed by atoms with van der Waals surface area (Å²) in [5.41, 5.74) is 1.76. The zero-order valence-corrected chi connectivity index (χ0v) is 14.7. The third-order valence-corrected chi connectivity index (χ3v) is 4.90. The van der Waals surface area contributed by atoms with Crippen LogP contribution >= 0.6 is 11.8 Å². The second-order valence-corrected chi connectivity index (χ2v) is 7.13. The number of benzene rings is 2. The number of aromatic hydroxyl groups is 1. The van der Waals surface area contributed by atoms with Crippen LogP contribution in [-0.2, 0) is 11.2 Å². The summed E-state index contributed by atoms with van der Waals surface area (Å²) in [4.78, 5) is 13.1. The molecule has 1 N–H and O–H groups in total. The fourth-order valence-corrected chi connectivity index (χ4v) is 3.39. The lowest BCUT2D eigenvalue weighted by molar-refractivity contribution is -0.118. The highest BCUT2D eigenvalue weighted by Crippen LogP contribution is 2.21. The van der Waals surface area contributed by atoms with Gasteiger partial charge in [0.05, 0.1) is 0 Å². The SMILES string of the molecule is Cc1ccc(O)c(CC(=O)CCCCCSc2ccc(F)cc2)c1.